The van der Waals surface area contributed by atoms with Gasteiger partial charge < -0.3 is 19.7 Å². The van der Waals surface area contributed by atoms with Crippen LogP contribution in [0.5, 0.6) is 11.5 Å². The second-order valence-corrected chi connectivity index (χ2v) is 7.33. The van der Waals surface area contributed by atoms with Gasteiger partial charge in [-0.3, -0.25) is 9.59 Å². The second-order valence-electron chi connectivity index (χ2n) is 7.33. The molecule has 0 saturated carbocycles. The van der Waals surface area contributed by atoms with Crippen LogP contribution in [0.1, 0.15) is 41.8 Å². The van der Waals surface area contributed by atoms with E-state index in [0.29, 0.717) is 30.2 Å². The smallest absolute Gasteiger partial charge is 0.255 e. The zero-order valence-corrected chi connectivity index (χ0v) is 17.4. The van der Waals surface area contributed by atoms with Crippen molar-refractivity contribution in [3.8, 4) is 11.5 Å². The van der Waals surface area contributed by atoms with E-state index in [4.69, 9.17) is 9.47 Å². The van der Waals surface area contributed by atoms with E-state index in [-0.39, 0.29) is 17.7 Å². The van der Waals surface area contributed by atoms with Crippen LogP contribution in [0, 0.1) is 5.92 Å². The van der Waals surface area contributed by atoms with Crippen LogP contribution in [0.25, 0.3) is 0 Å². The maximum absolute atomic E-state index is 13.1. The molecule has 1 aliphatic heterocycles. The quantitative estimate of drug-likeness (QED) is 0.743. The number of carbonyl (C=O) groups excluding carboxylic acids is 2. The van der Waals surface area contributed by atoms with E-state index in [9.17, 15) is 9.59 Å². The number of ether oxygens (including phenoxy) is 2. The number of amides is 2. The topological polar surface area (TPSA) is 67.9 Å². The number of hydrogen-bond donors (Lipinski definition) is 1. The Morgan fingerprint density at radius 2 is 1.86 bits per heavy atom. The SMILES string of the molecule is CCC(C)C(C(=O)NCc1ccc(OC)c(OC)c1)N1Cc2ccccc2C1=O. The Balaban J connectivity index is 1.75. The molecular formula is C23H28N2O4. The second kappa shape index (κ2) is 8.99. The highest BCUT2D eigenvalue weighted by Crippen LogP contribution is 2.29. The first kappa shape index (κ1) is 20.7. The average Bonchev–Trinajstić information content (AvgIpc) is 3.08. The molecule has 2 unspecified atom stereocenters. The van der Waals surface area contributed by atoms with Crippen molar-refractivity contribution in [1.29, 1.82) is 0 Å². The predicted octanol–water partition coefficient (Wildman–Crippen LogP) is 3.39. The number of benzene rings is 2. The van der Waals surface area contributed by atoms with Gasteiger partial charge in [0.05, 0.1) is 14.2 Å². The van der Waals surface area contributed by atoms with Crippen LogP contribution >= 0.6 is 0 Å². The largest absolute Gasteiger partial charge is 0.493 e. The molecule has 6 nitrogen and oxygen atoms in total. The van der Waals surface area contributed by atoms with Crippen molar-refractivity contribution >= 4 is 11.8 Å². The van der Waals surface area contributed by atoms with E-state index >= 15 is 0 Å². The summed E-state index contributed by atoms with van der Waals surface area (Å²) in [5, 5.41) is 3.00. The third-order valence-corrected chi connectivity index (χ3v) is 5.55. The van der Waals surface area contributed by atoms with Gasteiger partial charge in [-0.2, -0.15) is 0 Å². The van der Waals surface area contributed by atoms with Crippen molar-refractivity contribution in [3.63, 3.8) is 0 Å². The maximum Gasteiger partial charge on any atom is 0.255 e. The minimum Gasteiger partial charge on any atom is -0.493 e. The van der Waals surface area contributed by atoms with Gasteiger partial charge in [-0.15, -0.1) is 0 Å². The number of carbonyl (C=O) groups is 2. The fourth-order valence-corrected chi connectivity index (χ4v) is 3.72. The Kier molecular flexibility index (Phi) is 6.42. The Bertz CT molecular complexity index is 896. The van der Waals surface area contributed by atoms with Crippen molar-refractivity contribution < 1.29 is 19.1 Å². The number of hydrogen-bond acceptors (Lipinski definition) is 4. The van der Waals surface area contributed by atoms with Gasteiger partial charge in [0.15, 0.2) is 11.5 Å². The number of nitrogens with one attached hydrogen (secondary N) is 1. The molecule has 1 N–H and O–H groups in total. The Morgan fingerprint density at radius 3 is 2.52 bits per heavy atom. The molecule has 0 spiro atoms. The summed E-state index contributed by atoms with van der Waals surface area (Å²) in [7, 11) is 3.16. The van der Waals surface area contributed by atoms with Crippen molar-refractivity contribution in [2.45, 2.75) is 39.4 Å². The van der Waals surface area contributed by atoms with Gasteiger partial charge >= 0.3 is 0 Å². The fraction of sp³-hybridized carbons (Fsp3) is 0.391. The van der Waals surface area contributed by atoms with Crippen LogP contribution in [0.4, 0.5) is 0 Å². The third kappa shape index (κ3) is 4.21. The molecule has 29 heavy (non-hydrogen) atoms. The molecule has 2 atom stereocenters. The van der Waals surface area contributed by atoms with Crippen LogP contribution in [0.3, 0.4) is 0 Å². The molecular weight excluding hydrogens is 368 g/mol. The highest BCUT2D eigenvalue weighted by atomic mass is 16.5. The Morgan fingerprint density at radius 1 is 1.14 bits per heavy atom. The van der Waals surface area contributed by atoms with Gasteiger partial charge in [-0.05, 0) is 35.2 Å². The lowest BCUT2D eigenvalue weighted by Gasteiger charge is -2.31. The fourth-order valence-electron chi connectivity index (χ4n) is 3.72. The Hall–Kier alpha value is -3.02. The van der Waals surface area contributed by atoms with Gasteiger partial charge in [0, 0.05) is 18.7 Å². The Labute approximate surface area is 171 Å². The van der Waals surface area contributed by atoms with Gasteiger partial charge in [0.2, 0.25) is 5.91 Å². The lowest BCUT2D eigenvalue weighted by molar-refractivity contribution is -0.127. The van der Waals surface area contributed by atoms with E-state index in [1.807, 2.05) is 56.3 Å². The molecule has 154 valence electrons. The molecule has 0 aliphatic carbocycles. The van der Waals surface area contributed by atoms with Crippen molar-refractivity contribution in [2.24, 2.45) is 5.92 Å². The lowest BCUT2D eigenvalue weighted by Crippen LogP contribution is -2.50. The summed E-state index contributed by atoms with van der Waals surface area (Å²) < 4.78 is 10.6. The summed E-state index contributed by atoms with van der Waals surface area (Å²) in [5.41, 5.74) is 2.56. The number of methoxy groups -OCH3 is 2. The van der Waals surface area contributed by atoms with Crippen molar-refractivity contribution in [2.75, 3.05) is 14.2 Å². The number of nitrogens with zero attached hydrogens (tertiary/aromatic N) is 1. The van der Waals surface area contributed by atoms with E-state index in [1.54, 1.807) is 19.1 Å². The lowest BCUT2D eigenvalue weighted by atomic mass is 9.96. The summed E-state index contributed by atoms with van der Waals surface area (Å²) in [6, 6.07) is 12.6. The van der Waals surface area contributed by atoms with Crippen LogP contribution in [-0.2, 0) is 17.9 Å². The summed E-state index contributed by atoms with van der Waals surface area (Å²) in [5.74, 6) is 1.07. The minimum atomic E-state index is -0.514. The van der Waals surface area contributed by atoms with E-state index in [1.165, 1.54) is 0 Å². The van der Waals surface area contributed by atoms with Crippen molar-refractivity contribution in [3.05, 3.63) is 59.2 Å². The van der Waals surface area contributed by atoms with Crippen LogP contribution in [0.2, 0.25) is 0 Å². The molecule has 0 bridgehead atoms. The molecule has 0 saturated heterocycles. The molecule has 2 amide bonds. The average molecular weight is 396 g/mol. The zero-order valence-electron chi connectivity index (χ0n) is 17.4. The summed E-state index contributed by atoms with van der Waals surface area (Å²) >= 11 is 0. The normalized spacial score (nSPS) is 14.9. The number of rotatable bonds is 8. The van der Waals surface area contributed by atoms with Gasteiger partial charge in [-0.1, -0.05) is 44.5 Å². The van der Waals surface area contributed by atoms with Crippen LogP contribution in [0.15, 0.2) is 42.5 Å². The highest BCUT2D eigenvalue weighted by Gasteiger charge is 2.38. The third-order valence-electron chi connectivity index (χ3n) is 5.55. The monoisotopic (exact) mass is 396 g/mol. The van der Waals surface area contributed by atoms with E-state index in [0.717, 1.165) is 17.5 Å². The zero-order chi connectivity index (χ0) is 21.0. The number of fused-ring (bicyclic) bond motifs is 1. The summed E-state index contributed by atoms with van der Waals surface area (Å²) in [4.78, 5) is 27.7. The van der Waals surface area contributed by atoms with Gasteiger partial charge in [0.1, 0.15) is 6.04 Å². The van der Waals surface area contributed by atoms with Gasteiger partial charge in [-0.25, -0.2) is 0 Å². The molecule has 1 heterocycles. The summed E-state index contributed by atoms with van der Waals surface area (Å²) in [6.07, 6.45) is 0.800. The van der Waals surface area contributed by atoms with E-state index < -0.39 is 6.04 Å². The first-order valence-electron chi connectivity index (χ1n) is 9.87. The highest BCUT2D eigenvalue weighted by molar-refractivity contribution is 6.01. The molecule has 0 fully saturated rings. The maximum atomic E-state index is 13.1. The molecule has 3 rings (SSSR count). The van der Waals surface area contributed by atoms with Crippen LogP contribution in [-0.4, -0.2) is 37.0 Å². The molecule has 6 heteroatoms. The molecule has 0 aromatic heterocycles. The van der Waals surface area contributed by atoms with Crippen molar-refractivity contribution in [1.82, 2.24) is 10.2 Å². The summed E-state index contributed by atoms with van der Waals surface area (Å²) in [6.45, 7) is 4.86. The van der Waals surface area contributed by atoms with Gasteiger partial charge in [0.25, 0.3) is 5.91 Å². The van der Waals surface area contributed by atoms with Crippen LogP contribution < -0.4 is 14.8 Å². The van der Waals surface area contributed by atoms with E-state index in [2.05, 4.69) is 5.32 Å². The predicted molar refractivity (Wildman–Crippen MR) is 111 cm³/mol. The minimum absolute atomic E-state index is 0.0404. The molecule has 2 aromatic carbocycles. The first-order valence-corrected chi connectivity index (χ1v) is 9.87. The molecule has 0 radical (unpaired) electrons. The standard InChI is InChI=1S/C23H28N2O4/c1-5-15(2)21(25-14-17-8-6-7-9-18(17)23(25)27)22(26)24-13-16-10-11-19(28-3)20(12-16)29-4/h6-12,15,21H,5,13-14H2,1-4H3,(H,24,26). The first-order chi connectivity index (χ1) is 14.0. The molecule has 2 aromatic rings. The molecule has 1 aliphatic rings.